The fraction of sp³-hybridized carbons (Fsp3) is 0.364. The van der Waals surface area contributed by atoms with E-state index in [9.17, 15) is 4.79 Å². The fourth-order valence-corrected chi connectivity index (χ4v) is 2.31. The minimum absolute atomic E-state index is 0.217. The summed E-state index contributed by atoms with van der Waals surface area (Å²) < 4.78 is -1.26. The number of halogens is 2. The maximum Gasteiger partial charge on any atom is 0.263 e. The van der Waals surface area contributed by atoms with Gasteiger partial charge in [-0.2, -0.15) is 0 Å². The van der Waals surface area contributed by atoms with Gasteiger partial charge in [0.15, 0.2) is 4.33 Å². The van der Waals surface area contributed by atoms with E-state index in [0.717, 1.165) is 17.6 Å². The highest BCUT2D eigenvalue weighted by atomic mass is 35.5. The molecule has 1 aromatic carbocycles. The van der Waals surface area contributed by atoms with E-state index in [1.165, 1.54) is 0 Å². The Hall–Kier alpha value is -0.665. The second-order valence-corrected chi connectivity index (χ2v) is 5.58. The molecule has 1 aliphatic heterocycles. The van der Waals surface area contributed by atoms with Crippen molar-refractivity contribution in [2.24, 2.45) is 0 Å². The SMILES string of the molecule is Bc1ccc(N2CCCC(Cl)(Cl)C2=O)cc1. The molecule has 0 spiro atoms. The molecular formula is C11H12BCl2NO. The van der Waals surface area contributed by atoms with Gasteiger partial charge in [-0.25, -0.2) is 0 Å². The number of alkyl halides is 2. The molecule has 1 amide bonds. The van der Waals surface area contributed by atoms with Crippen molar-refractivity contribution in [2.75, 3.05) is 11.4 Å². The smallest absolute Gasteiger partial charge is 0.263 e. The summed E-state index contributed by atoms with van der Waals surface area (Å²) in [5, 5.41) is 0. The van der Waals surface area contributed by atoms with Crippen LogP contribution < -0.4 is 10.4 Å². The number of amides is 1. The molecule has 2 rings (SSSR count). The third kappa shape index (κ3) is 2.20. The van der Waals surface area contributed by atoms with Crippen LogP contribution in [0.3, 0.4) is 0 Å². The first-order chi connectivity index (χ1) is 7.50. The standard InChI is InChI=1S/C11H12BCl2NO/c12-8-2-4-9(5-3-8)15-7-1-6-11(13,14)10(15)16/h2-5H,1,6-7,12H2. The van der Waals surface area contributed by atoms with Crippen molar-refractivity contribution in [2.45, 2.75) is 17.2 Å². The van der Waals surface area contributed by atoms with Crippen LogP contribution in [0.25, 0.3) is 0 Å². The highest BCUT2D eigenvalue weighted by molar-refractivity contribution is 6.59. The lowest BCUT2D eigenvalue weighted by Gasteiger charge is -2.34. The van der Waals surface area contributed by atoms with E-state index in [1.54, 1.807) is 4.90 Å². The van der Waals surface area contributed by atoms with Crippen molar-refractivity contribution in [1.82, 2.24) is 0 Å². The van der Waals surface area contributed by atoms with E-state index in [4.69, 9.17) is 23.2 Å². The third-order valence-corrected chi connectivity index (χ3v) is 3.48. The van der Waals surface area contributed by atoms with Gasteiger partial charge in [0.05, 0.1) is 0 Å². The van der Waals surface area contributed by atoms with Crippen LogP contribution in [0.2, 0.25) is 0 Å². The second kappa shape index (κ2) is 4.30. The van der Waals surface area contributed by atoms with Crippen LogP contribution in [-0.2, 0) is 4.79 Å². The first kappa shape index (κ1) is 11.8. The zero-order chi connectivity index (χ0) is 11.8. The summed E-state index contributed by atoms with van der Waals surface area (Å²) in [5.41, 5.74) is 2.03. The monoisotopic (exact) mass is 255 g/mol. The summed E-state index contributed by atoms with van der Waals surface area (Å²) in [4.78, 5) is 13.7. The summed E-state index contributed by atoms with van der Waals surface area (Å²) in [5.74, 6) is -0.217. The Morgan fingerprint density at radius 1 is 1.25 bits per heavy atom. The number of benzene rings is 1. The molecule has 0 unspecified atom stereocenters. The number of piperidine rings is 1. The van der Waals surface area contributed by atoms with Gasteiger partial charge >= 0.3 is 0 Å². The topological polar surface area (TPSA) is 20.3 Å². The van der Waals surface area contributed by atoms with Crippen molar-refractivity contribution in [3.8, 4) is 0 Å². The first-order valence-electron chi connectivity index (χ1n) is 5.27. The Morgan fingerprint density at radius 2 is 1.88 bits per heavy atom. The molecule has 0 bridgehead atoms. The van der Waals surface area contributed by atoms with Gasteiger partial charge in [-0.3, -0.25) is 4.79 Å². The predicted molar refractivity (Wildman–Crippen MR) is 70.6 cm³/mol. The number of rotatable bonds is 1. The van der Waals surface area contributed by atoms with Gasteiger partial charge in [0, 0.05) is 12.2 Å². The molecule has 1 saturated heterocycles. The van der Waals surface area contributed by atoms with Gasteiger partial charge < -0.3 is 4.90 Å². The Balaban J connectivity index is 2.27. The average molecular weight is 256 g/mol. The van der Waals surface area contributed by atoms with E-state index in [2.05, 4.69) is 0 Å². The molecule has 1 aliphatic rings. The quantitative estimate of drug-likeness (QED) is 0.547. The lowest BCUT2D eigenvalue weighted by molar-refractivity contribution is -0.120. The van der Waals surface area contributed by atoms with Crippen molar-refractivity contribution in [3.63, 3.8) is 0 Å². The van der Waals surface area contributed by atoms with Crippen molar-refractivity contribution >= 4 is 48.1 Å². The van der Waals surface area contributed by atoms with Gasteiger partial charge in [0.25, 0.3) is 5.91 Å². The molecule has 0 N–H and O–H groups in total. The summed E-state index contributed by atoms with van der Waals surface area (Å²) >= 11 is 11.9. The Bertz CT molecular complexity index is 405. The van der Waals surface area contributed by atoms with Gasteiger partial charge in [0.2, 0.25) is 0 Å². The number of carbonyl (C=O) groups excluding carboxylic acids is 1. The van der Waals surface area contributed by atoms with Crippen LogP contribution >= 0.6 is 23.2 Å². The number of hydrogen-bond donors (Lipinski definition) is 0. The number of carbonyl (C=O) groups is 1. The van der Waals surface area contributed by atoms with Crippen molar-refractivity contribution in [3.05, 3.63) is 24.3 Å². The molecule has 0 aromatic heterocycles. The Labute approximate surface area is 106 Å². The molecule has 0 aliphatic carbocycles. The van der Waals surface area contributed by atoms with Gasteiger partial charge in [-0.15, -0.1) is 0 Å². The van der Waals surface area contributed by atoms with Crippen LogP contribution in [0.1, 0.15) is 12.8 Å². The lowest BCUT2D eigenvalue weighted by Crippen LogP contribution is -2.47. The molecule has 1 aromatic rings. The molecule has 2 nitrogen and oxygen atoms in total. The van der Waals surface area contributed by atoms with Crippen LogP contribution in [0.4, 0.5) is 5.69 Å². The van der Waals surface area contributed by atoms with Crippen LogP contribution in [0.15, 0.2) is 24.3 Å². The molecular weight excluding hydrogens is 244 g/mol. The number of hydrogen-bond acceptors (Lipinski definition) is 1. The van der Waals surface area contributed by atoms with Crippen LogP contribution in [-0.4, -0.2) is 24.6 Å². The van der Waals surface area contributed by atoms with Crippen molar-refractivity contribution < 1.29 is 4.79 Å². The molecule has 0 radical (unpaired) electrons. The minimum atomic E-state index is -1.26. The van der Waals surface area contributed by atoms with E-state index in [1.807, 2.05) is 32.1 Å². The largest absolute Gasteiger partial charge is 0.310 e. The summed E-state index contributed by atoms with van der Waals surface area (Å²) in [6.45, 7) is 0.684. The highest BCUT2D eigenvalue weighted by Gasteiger charge is 2.40. The van der Waals surface area contributed by atoms with E-state index < -0.39 is 4.33 Å². The number of anilines is 1. The third-order valence-electron chi connectivity index (χ3n) is 2.78. The summed E-state index contributed by atoms with van der Waals surface area (Å²) in [6, 6.07) is 7.79. The summed E-state index contributed by atoms with van der Waals surface area (Å²) in [7, 11) is 2.01. The van der Waals surface area contributed by atoms with Crippen LogP contribution in [0, 0.1) is 0 Å². The van der Waals surface area contributed by atoms with E-state index in [0.29, 0.717) is 13.0 Å². The maximum absolute atomic E-state index is 12.0. The molecule has 5 heteroatoms. The van der Waals surface area contributed by atoms with E-state index in [-0.39, 0.29) is 5.91 Å². The van der Waals surface area contributed by atoms with Gasteiger partial charge in [-0.1, -0.05) is 40.8 Å². The molecule has 0 saturated carbocycles. The van der Waals surface area contributed by atoms with E-state index >= 15 is 0 Å². The Kier molecular flexibility index (Phi) is 3.18. The fourth-order valence-electron chi connectivity index (χ4n) is 1.84. The maximum atomic E-state index is 12.0. The zero-order valence-corrected chi connectivity index (χ0v) is 10.6. The average Bonchev–Trinajstić information content (AvgIpc) is 2.24. The Morgan fingerprint density at radius 3 is 2.50 bits per heavy atom. The second-order valence-electron chi connectivity index (χ2n) is 4.10. The summed E-state index contributed by atoms with van der Waals surface area (Å²) in [6.07, 6.45) is 1.35. The molecule has 1 heterocycles. The molecule has 1 fully saturated rings. The highest BCUT2D eigenvalue weighted by Crippen LogP contribution is 2.35. The lowest BCUT2D eigenvalue weighted by atomic mass is 9.96. The molecule has 84 valence electrons. The zero-order valence-electron chi connectivity index (χ0n) is 9.04. The predicted octanol–water partition coefficient (Wildman–Crippen LogP) is 1.25. The van der Waals surface area contributed by atoms with Gasteiger partial charge in [0.1, 0.15) is 7.85 Å². The molecule has 0 atom stereocenters. The van der Waals surface area contributed by atoms with Gasteiger partial charge in [-0.05, 0) is 25.0 Å². The first-order valence-corrected chi connectivity index (χ1v) is 6.03. The van der Waals surface area contributed by atoms with Crippen LogP contribution in [0.5, 0.6) is 0 Å². The molecule has 16 heavy (non-hydrogen) atoms. The minimum Gasteiger partial charge on any atom is -0.310 e. The number of nitrogens with zero attached hydrogens (tertiary/aromatic N) is 1. The van der Waals surface area contributed by atoms with Crippen molar-refractivity contribution in [1.29, 1.82) is 0 Å². The normalized spacial score (nSPS) is 19.9.